The molecule has 2 aromatic carbocycles. The van der Waals surface area contributed by atoms with Crippen LogP contribution in [0, 0.1) is 27.3 Å². The lowest BCUT2D eigenvalue weighted by molar-refractivity contribution is -0.384. The van der Waals surface area contributed by atoms with Crippen LogP contribution >= 0.6 is 0 Å². The average molecular weight is 399 g/mol. The van der Waals surface area contributed by atoms with Crippen molar-refractivity contribution in [1.29, 1.82) is 5.26 Å². The van der Waals surface area contributed by atoms with E-state index < -0.39 is 39.6 Å². The molecule has 0 aliphatic carbocycles. The number of carbonyl (C=O) groups excluding carboxylic acids is 2. The first-order valence-corrected chi connectivity index (χ1v) is 7.98. The van der Waals surface area contributed by atoms with Crippen molar-refractivity contribution < 1.29 is 28.4 Å². The third-order valence-corrected chi connectivity index (χ3v) is 3.53. The molecule has 0 atom stereocenters. The molecule has 2 aromatic rings. The predicted octanol–water partition coefficient (Wildman–Crippen LogP) is 3.21. The smallest absolute Gasteiger partial charge is 0.308 e. The summed E-state index contributed by atoms with van der Waals surface area (Å²) in [6, 6.07) is 8.62. The van der Waals surface area contributed by atoms with Gasteiger partial charge >= 0.3 is 5.97 Å². The molecule has 1 N–H and O–H groups in total. The third-order valence-electron chi connectivity index (χ3n) is 3.53. The lowest BCUT2D eigenvalue weighted by Gasteiger charge is -2.09. The Morgan fingerprint density at radius 3 is 2.55 bits per heavy atom. The molecule has 0 aromatic heterocycles. The number of nitriles is 1. The molecule has 0 saturated carbocycles. The number of ether oxygens (including phenoxy) is 2. The zero-order valence-corrected chi connectivity index (χ0v) is 15.3. The summed E-state index contributed by atoms with van der Waals surface area (Å²) in [6.45, 7) is 1.22. The van der Waals surface area contributed by atoms with E-state index >= 15 is 0 Å². The first-order chi connectivity index (χ1) is 13.7. The summed E-state index contributed by atoms with van der Waals surface area (Å²) in [5, 5.41) is 22.2. The summed E-state index contributed by atoms with van der Waals surface area (Å²) < 4.78 is 23.9. The van der Waals surface area contributed by atoms with Crippen molar-refractivity contribution in [2.45, 2.75) is 6.92 Å². The van der Waals surface area contributed by atoms with Gasteiger partial charge in [-0.05, 0) is 29.8 Å². The number of non-ortho nitro benzene ring substituents is 1. The van der Waals surface area contributed by atoms with Crippen LogP contribution in [-0.4, -0.2) is 23.9 Å². The van der Waals surface area contributed by atoms with Crippen molar-refractivity contribution in [2.75, 3.05) is 12.4 Å². The van der Waals surface area contributed by atoms with Gasteiger partial charge in [-0.1, -0.05) is 6.07 Å². The van der Waals surface area contributed by atoms with E-state index in [1.807, 2.05) is 0 Å². The van der Waals surface area contributed by atoms with Gasteiger partial charge in [-0.15, -0.1) is 0 Å². The molecule has 0 radical (unpaired) electrons. The second-order valence-electron chi connectivity index (χ2n) is 5.55. The molecule has 0 heterocycles. The lowest BCUT2D eigenvalue weighted by Crippen LogP contribution is -2.14. The van der Waals surface area contributed by atoms with E-state index in [4.69, 9.17) is 9.47 Å². The summed E-state index contributed by atoms with van der Waals surface area (Å²) in [4.78, 5) is 33.5. The van der Waals surface area contributed by atoms with E-state index in [0.717, 1.165) is 18.2 Å². The summed E-state index contributed by atoms with van der Waals surface area (Å²) in [6.07, 6.45) is 1.20. The molecule has 0 saturated heterocycles. The number of rotatable bonds is 6. The number of halogens is 1. The minimum absolute atomic E-state index is 0.152. The standard InChI is InChI=1S/C19H14FN3O6/c1-11(24)29-17-6-3-12(8-18(17)28-2)7-13(10-21)19(25)22-16-9-14(23(26)27)4-5-15(16)20/h3-9H,1-2H3,(H,22,25)/b13-7-. The van der Waals surface area contributed by atoms with E-state index in [-0.39, 0.29) is 11.5 Å². The van der Waals surface area contributed by atoms with Gasteiger partial charge in [0.15, 0.2) is 11.5 Å². The Morgan fingerprint density at radius 2 is 1.97 bits per heavy atom. The fraction of sp³-hybridized carbons (Fsp3) is 0.105. The molecule has 0 unspecified atom stereocenters. The minimum atomic E-state index is -0.963. The Kier molecular flexibility index (Phi) is 6.60. The normalized spacial score (nSPS) is 10.6. The van der Waals surface area contributed by atoms with Crippen molar-refractivity contribution in [2.24, 2.45) is 0 Å². The molecule has 0 aliphatic rings. The van der Waals surface area contributed by atoms with Gasteiger partial charge in [-0.2, -0.15) is 5.26 Å². The highest BCUT2D eigenvalue weighted by atomic mass is 19.1. The Morgan fingerprint density at radius 1 is 1.24 bits per heavy atom. The van der Waals surface area contributed by atoms with Crippen LogP contribution in [-0.2, 0) is 9.59 Å². The van der Waals surface area contributed by atoms with Crippen molar-refractivity contribution in [3.8, 4) is 17.6 Å². The maximum atomic E-state index is 13.8. The van der Waals surface area contributed by atoms with Crippen LogP contribution in [0.4, 0.5) is 15.8 Å². The van der Waals surface area contributed by atoms with Crippen LogP contribution in [0.1, 0.15) is 12.5 Å². The first kappa shape index (κ1) is 21.0. The minimum Gasteiger partial charge on any atom is -0.493 e. The zero-order chi connectivity index (χ0) is 21.6. The number of amides is 1. The molecular formula is C19H14FN3O6. The number of anilines is 1. The van der Waals surface area contributed by atoms with Gasteiger partial charge in [-0.25, -0.2) is 4.39 Å². The molecule has 29 heavy (non-hydrogen) atoms. The Balaban J connectivity index is 2.31. The summed E-state index contributed by atoms with van der Waals surface area (Å²) >= 11 is 0. The number of hydrogen-bond donors (Lipinski definition) is 1. The molecule has 0 bridgehead atoms. The third kappa shape index (κ3) is 5.36. The van der Waals surface area contributed by atoms with Crippen molar-refractivity contribution in [3.63, 3.8) is 0 Å². The Hall–Kier alpha value is -4.26. The fourth-order valence-corrected chi connectivity index (χ4v) is 2.24. The highest BCUT2D eigenvalue weighted by molar-refractivity contribution is 6.09. The van der Waals surface area contributed by atoms with E-state index in [2.05, 4.69) is 5.32 Å². The Bertz CT molecular complexity index is 1060. The van der Waals surface area contributed by atoms with Gasteiger partial charge in [0, 0.05) is 19.1 Å². The quantitative estimate of drug-likeness (QED) is 0.197. The number of esters is 1. The summed E-state index contributed by atoms with van der Waals surface area (Å²) in [7, 11) is 1.35. The van der Waals surface area contributed by atoms with Gasteiger partial charge in [0.1, 0.15) is 17.5 Å². The van der Waals surface area contributed by atoms with E-state index in [1.165, 1.54) is 38.3 Å². The van der Waals surface area contributed by atoms with Gasteiger partial charge in [-0.3, -0.25) is 19.7 Å². The van der Waals surface area contributed by atoms with Gasteiger partial charge in [0.25, 0.3) is 11.6 Å². The molecule has 1 amide bonds. The van der Waals surface area contributed by atoms with Crippen LogP contribution in [0.15, 0.2) is 42.0 Å². The second-order valence-corrected chi connectivity index (χ2v) is 5.55. The largest absolute Gasteiger partial charge is 0.493 e. The van der Waals surface area contributed by atoms with Crippen molar-refractivity contribution in [3.05, 3.63) is 63.5 Å². The first-order valence-electron chi connectivity index (χ1n) is 7.98. The van der Waals surface area contributed by atoms with E-state index in [1.54, 1.807) is 6.07 Å². The van der Waals surface area contributed by atoms with Crippen molar-refractivity contribution >= 4 is 29.3 Å². The van der Waals surface area contributed by atoms with E-state index in [0.29, 0.717) is 5.56 Å². The molecular weight excluding hydrogens is 385 g/mol. The summed E-state index contributed by atoms with van der Waals surface area (Å²) in [5.41, 5.74) is -0.884. The van der Waals surface area contributed by atoms with Crippen LogP contribution in [0.25, 0.3) is 6.08 Å². The Labute approximate surface area is 164 Å². The second kappa shape index (κ2) is 9.09. The molecule has 0 spiro atoms. The average Bonchev–Trinajstić information content (AvgIpc) is 2.67. The van der Waals surface area contributed by atoms with Gasteiger partial charge in [0.05, 0.1) is 17.7 Å². The number of nitro benzene ring substituents is 1. The lowest BCUT2D eigenvalue weighted by atomic mass is 10.1. The van der Waals surface area contributed by atoms with Crippen LogP contribution < -0.4 is 14.8 Å². The topological polar surface area (TPSA) is 132 Å². The highest BCUT2D eigenvalue weighted by Gasteiger charge is 2.16. The number of benzene rings is 2. The van der Waals surface area contributed by atoms with Crippen LogP contribution in [0.3, 0.4) is 0 Å². The molecule has 0 fully saturated rings. The number of methoxy groups -OCH3 is 1. The maximum absolute atomic E-state index is 13.8. The molecule has 2 rings (SSSR count). The SMILES string of the molecule is COc1cc(/C=C(/C#N)C(=O)Nc2cc([N+](=O)[O-])ccc2F)ccc1OC(C)=O. The molecule has 0 aliphatic heterocycles. The van der Waals surface area contributed by atoms with Gasteiger partial charge < -0.3 is 14.8 Å². The number of nitrogens with zero attached hydrogens (tertiary/aromatic N) is 2. The van der Waals surface area contributed by atoms with Gasteiger partial charge in [0.2, 0.25) is 0 Å². The predicted molar refractivity (Wildman–Crippen MR) is 99.6 cm³/mol. The van der Waals surface area contributed by atoms with Crippen LogP contribution in [0.5, 0.6) is 11.5 Å². The molecule has 10 heteroatoms. The van der Waals surface area contributed by atoms with Crippen molar-refractivity contribution in [1.82, 2.24) is 0 Å². The summed E-state index contributed by atoms with van der Waals surface area (Å²) in [5.74, 6) is -2.07. The fourth-order valence-electron chi connectivity index (χ4n) is 2.24. The molecule has 9 nitrogen and oxygen atoms in total. The van der Waals surface area contributed by atoms with E-state index in [9.17, 15) is 29.4 Å². The number of nitrogens with one attached hydrogen (secondary N) is 1. The number of carbonyl (C=O) groups is 2. The monoisotopic (exact) mass is 399 g/mol. The number of hydrogen-bond acceptors (Lipinski definition) is 7. The number of nitro groups is 1. The zero-order valence-electron chi connectivity index (χ0n) is 15.3. The molecule has 148 valence electrons. The maximum Gasteiger partial charge on any atom is 0.308 e. The highest BCUT2D eigenvalue weighted by Crippen LogP contribution is 2.29. The van der Waals surface area contributed by atoms with Crippen LogP contribution in [0.2, 0.25) is 0 Å².